The number of aryl methyl sites for hydroxylation is 3. The molecule has 6 nitrogen and oxygen atoms in total. The van der Waals surface area contributed by atoms with Crippen LogP contribution in [0.3, 0.4) is 0 Å². The summed E-state index contributed by atoms with van der Waals surface area (Å²) in [6, 6.07) is 1.72. The van der Waals surface area contributed by atoms with Crippen molar-refractivity contribution in [2.45, 2.75) is 33.1 Å². The van der Waals surface area contributed by atoms with E-state index in [0.717, 1.165) is 30.5 Å². The lowest BCUT2D eigenvalue weighted by atomic mass is 10.1. The largest absolute Gasteiger partial charge is 0.462 e. The number of hydrogen-bond acceptors (Lipinski definition) is 5. The van der Waals surface area contributed by atoms with Crippen molar-refractivity contribution in [2.75, 3.05) is 11.9 Å². The Kier molecular flexibility index (Phi) is 4.21. The Morgan fingerprint density at radius 3 is 2.87 bits per heavy atom. The molecule has 3 rings (SSSR count). The number of hydrogen-bond donors (Lipinski definition) is 1. The second-order valence-electron chi connectivity index (χ2n) is 5.53. The summed E-state index contributed by atoms with van der Waals surface area (Å²) < 4.78 is 6.81. The van der Waals surface area contributed by atoms with Gasteiger partial charge in [-0.05, 0) is 44.7 Å². The summed E-state index contributed by atoms with van der Waals surface area (Å²) in [6.07, 6.45) is 2.85. The van der Waals surface area contributed by atoms with Crippen LogP contribution in [0.4, 0.5) is 5.00 Å². The van der Waals surface area contributed by atoms with Gasteiger partial charge in [0.2, 0.25) is 0 Å². The molecule has 0 saturated heterocycles. The molecule has 0 saturated carbocycles. The molecule has 1 aliphatic rings. The molecule has 0 fully saturated rings. The maximum absolute atomic E-state index is 12.4. The molecular formula is C16H19N3O3S. The zero-order valence-electron chi connectivity index (χ0n) is 13.4. The predicted octanol–water partition coefficient (Wildman–Crippen LogP) is 2.71. The van der Waals surface area contributed by atoms with Gasteiger partial charge in [0, 0.05) is 17.6 Å². The van der Waals surface area contributed by atoms with Crippen molar-refractivity contribution in [3.05, 3.63) is 33.5 Å². The van der Waals surface area contributed by atoms with E-state index in [2.05, 4.69) is 10.4 Å². The van der Waals surface area contributed by atoms with E-state index in [9.17, 15) is 9.59 Å². The van der Waals surface area contributed by atoms with Crippen molar-refractivity contribution >= 4 is 28.2 Å². The van der Waals surface area contributed by atoms with Gasteiger partial charge in [-0.1, -0.05) is 0 Å². The maximum atomic E-state index is 12.4. The molecule has 1 aliphatic carbocycles. The van der Waals surface area contributed by atoms with E-state index in [1.807, 2.05) is 6.92 Å². The Hall–Kier alpha value is -2.15. The highest BCUT2D eigenvalue weighted by molar-refractivity contribution is 7.17. The number of ether oxygens (including phenoxy) is 1. The lowest BCUT2D eigenvalue weighted by molar-refractivity contribution is 0.0527. The van der Waals surface area contributed by atoms with Crippen molar-refractivity contribution < 1.29 is 14.3 Å². The Labute approximate surface area is 138 Å². The lowest BCUT2D eigenvalue weighted by Crippen LogP contribution is -2.16. The molecule has 1 N–H and O–H groups in total. The van der Waals surface area contributed by atoms with Gasteiger partial charge >= 0.3 is 5.97 Å². The molecule has 122 valence electrons. The highest BCUT2D eigenvalue weighted by atomic mass is 32.1. The number of carbonyl (C=O) groups is 2. The first-order valence-electron chi connectivity index (χ1n) is 7.65. The average Bonchev–Trinajstić information content (AvgIpc) is 3.14. The fraction of sp³-hybridized carbons (Fsp3) is 0.438. The highest BCUT2D eigenvalue weighted by Crippen LogP contribution is 2.39. The van der Waals surface area contributed by atoms with Gasteiger partial charge < -0.3 is 10.1 Å². The number of aromatic nitrogens is 2. The summed E-state index contributed by atoms with van der Waals surface area (Å²) in [6.45, 7) is 3.98. The summed E-state index contributed by atoms with van der Waals surface area (Å²) in [7, 11) is 1.79. The summed E-state index contributed by atoms with van der Waals surface area (Å²) in [5.41, 5.74) is 2.79. The first kappa shape index (κ1) is 15.7. The first-order chi connectivity index (χ1) is 11.0. The number of rotatable bonds is 4. The molecule has 1 amide bonds. The topological polar surface area (TPSA) is 73.2 Å². The van der Waals surface area contributed by atoms with E-state index in [1.54, 1.807) is 24.7 Å². The molecule has 23 heavy (non-hydrogen) atoms. The molecule has 7 heteroatoms. The molecule has 0 atom stereocenters. The normalized spacial score (nSPS) is 13.0. The van der Waals surface area contributed by atoms with Gasteiger partial charge in [0.15, 0.2) is 5.69 Å². The van der Waals surface area contributed by atoms with Crippen LogP contribution in [-0.2, 0) is 24.6 Å². The van der Waals surface area contributed by atoms with E-state index >= 15 is 0 Å². The van der Waals surface area contributed by atoms with Gasteiger partial charge in [0.1, 0.15) is 5.00 Å². The van der Waals surface area contributed by atoms with Crippen LogP contribution in [0.1, 0.15) is 50.3 Å². The minimum Gasteiger partial charge on any atom is -0.462 e. The summed E-state index contributed by atoms with van der Waals surface area (Å²) in [4.78, 5) is 25.8. The Bertz CT molecular complexity index is 756. The van der Waals surface area contributed by atoms with E-state index in [-0.39, 0.29) is 11.9 Å². The van der Waals surface area contributed by atoms with Gasteiger partial charge in [-0.25, -0.2) is 4.79 Å². The predicted molar refractivity (Wildman–Crippen MR) is 88.2 cm³/mol. The van der Waals surface area contributed by atoms with Gasteiger partial charge in [-0.15, -0.1) is 11.3 Å². The molecule has 2 aromatic rings. The molecule has 2 aromatic heterocycles. The molecule has 0 unspecified atom stereocenters. The summed E-state index contributed by atoms with van der Waals surface area (Å²) in [5, 5.41) is 7.58. The first-order valence-corrected chi connectivity index (χ1v) is 8.46. The van der Waals surface area contributed by atoms with Crippen molar-refractivity contribution in [1.29, 1.82) is 0 Å². The number of anilines is 1. The summed E-state index contributed by atoms with van der Waals surface area (Å²) >= 11 is 1.47. The van der Waals surface area contributed by atoms with Crippen LogP contribution in [-0.4, -0.2) is 28.3 Å². The SMILES string of the molecule is CCOC(=O)c1c(NC(=O)c2cc(C)n(C)n2)sc2c1CCC2. The van der Waals surface area contributed by atoms with Crippen LogP contribution in [0.2, 0.25) is 0 Å². The number of nitrogens with zero attached hydrogens (tertiary/aromatic N) is 2. The molecule has 0 aromatic carbocycles. The van der Waals surface area contributed by atoms with Gasteiger partial charge in [0.05, 0.1) is 12.2 Å². The molecule has 0 radical (unpaired) electrons. The quantitative estimate of drug-likeness (QED) is 0.873. The van der Waals surface area contributed by atoms with Crippen LogP contribution >= 0.6 is 11.3 Å². The van der Waals surface area contributed by atoms with Gasteiger partial charge in [-0.2, -0.15) is 5.10 Å². The highest BCUT2D eigenvalue weighted by Gasteiger charge is 2.28. The molecular weight excluding hydrogens is 314 g/mol. The maximum Gasteiger partial charge on any atom is 0.341 e. The van der Waals surface area contributed by atoms with Crippen LogP contribution in [0.5, 0.6) is 0 Å². The summed E-state index contributed by atoms with van der Waals surface area (Å²) in [5.74, 6) is -0.668. The van der Waals surface area contributed by atoms with Crippen molar-refractivity contribution in [3.63, 3.8) is 0 Å². The van der Waals surface area contributed by atoms with E-state index in [0.29, 0.717) is 22.9 Å². The Morgan fingerprint density at radius 1 is 1.43 bits per heavy atom. The standard InChI is InChI=1S/C16H19N3O3S/c1-4-22-16(21)13-10-6-5-7-12(10)23-15(13)17-14(20)11-8-9(2)19(3)18-11/h8H,4-7H2,1-3H3,(H,17,20). The number of amides is 1. The number of esters is 1. The number of fused-ring (bicyclic) bond motifs is 1. The van der Waals surface area contributed by atoms with Crippen LogP contribution in [0.25, 0.3) is 0 Å². The third-order valence-corrected chi connectivity index (χ3v) is 5.18. The van der Waals surface area contributed by atoms with Crippen molar-refractivity contribution in [2.24, 2.45) is 7.05 Å². The smallest absolute Gasteiger partial charge is 0.341 e. The van der Waals surface area contributed by atoms with Crippen LogP contribution in [0.15, 0.2) is 6.07 Å². The number of nitrogens with one attached hydrogen (secondary N) is 1. The van der Waals surface area contributed by atoms with Crippen molar-refractivity contribution in [3.8, 4) is 0 Å². The minimum atomic E-state index is -0.362. The zero-order chi connectivity index (χ0) is 16.6. The van der Waals surface area contributed by atoms with Crippen LogP contribution < -0.4 is 5.32 Å². The molecule has 2 heterocycles. The third-order valence-electron chi connectivity index (χ3n) is 3.97. The fourth-order valence-electron chi connectivity index (χ4n) is 2.75. The van der Waals surface area contributed by atoms with E-state index < -0.39 is 0 Å². The van der Waals surface area contributed by atoms with Gasteiger partial charge in [0.25, 0.3) is 5.91 Å². The average molecular weight is 333 g/mol. The van der Waals surface area contributed by atoms with E-state index in [1.165, 1.54) is 16.2 Å². The Balaban J connectivity index is 1.90. The van der Waals surface area contributed by atoms with Crippen LogP contribution in [0, 0.1) is 6.92 Å². The second kappa shape index (κ2) is 6.16. The zero-order valence-corrected chi connectivity index (χ0v) is 14.2. The fourth-order valence-corrected chi connectivity index (χ4v) is 4.02. The molecule has 0 aliphatic heterocycles. The minimum absolute atomic E-state index is 0.306. The molecule has 0 bridgehead atoms. The Morgan fingerprint density at radius 2 is 2.22 bits per heavy atom. The molecule has 0 spiro atoms. The van der Waals surface area contributed by atoms with E-state index in [4.69, 9.17) is 4.74 Å². The third kappa shape index (κ3) is 2.88. The second-order valence-corrected chi connectivity index (χ2v) is 6.64. The monoisotopic (exact) mass is 333 g/mol. The number of thiophene rings is 1. The van der Waals surface area contributed by atoms with Gasteiger partial charge in [-0.3, -0.25) is 9.48 Å². The lowest BCUT2D eigenvalue weighted by Gasteiger charge is -2.07. The number of carbonyl (C=O) groups excluding carboxylic acids is 2. The van der Waals surface area contributed by atoms with Crippen molar-refractivity contribution in [1.82, 2.24) is 9.78 Å².